The molecule has 1 unspecified atom stereocenters. The molecule has 0 aromatic carbocycles. The van der Waals surface area contributed by atoms with Crippen LogP contribution in [0.25, 0.3) is 0 Å². The van der Waals surface area contributed by atoms with Crippen LogP contribution < -0.4 is 30.6 Å². The molecule has 0 aliphatic heterocycles. The maximum absolute atomic E-state index is 10.1. The van der Waals surface area contributed by atoms with Gasteiger partial charge in [-0.25, -0.2) is 4.79 Å². The summed E-state index contributed by atoms with van der Waals surface area (Å²) in [5, 5.41) is 102. The molecule has 1 atom stereocenters. The van der Waals surface area contributed by atoms with Gasteiger partial charge in [-0.2, -0.15) is 0 Å². The minimum Gasteiger partial charge on any atom is -0.550 e. The minimum atomic E-state index is -2.97. The zero-order valence-corrected chi connectivity index (χ0v) is 25.8. The zero-order valence-electron chi connectivity index (χ0n) is 19.2. The summed E-state index contributed by atoms with van der Waals surface area (Å²) >= 11 is 0. The normalized spacial score (nSPS) is 10.4. The Hall–Kier alpha value is -0.581. The van der Waals surface area contributed by atoms with Gasteiger partial charge in [-0.15, -0.1) is 0 Å². The molecule has 22 heteroatoms. The fourth-order valence-electron chi connectivity index (χ4n) is 1.62. The molecular weight excluding hydrogens is 616 g/mol. The maximum atomic E-state index is 10.1. The molecular formula is C16H16Ca3O19. The molecule has 0 aromatic rings. The van der Waals surface area contributed by atoms with Crippen molar-refractivity contribution in [3.05, 3.63) is 0 Å². The van der Waals surface area contributed by atoms with Gasteiger partial charge in [-0.05, 0) is 0 Å². The van der Waals surface area contributed by atoms with E-state index in [-0.39, 0.29) is 113 Å². The molecule has 19 nitrogen and oxygen atoms in total. The van der Waals surface area contributed by atoms with Gasteiger partial charge in [0.05, 0.1) is 18.4 Å². The van der Waals surface area contributed by atoms with Crippen molar-refractivity contribution in [2.24, 2.45) is 0 Å². The van der Waals surface area contributed by atoms with E-state index in [0.717, 1.165) is 0 Å². The second-order valence-corrected chi connectivity index (χ2v) is 6.29. The minimum absolute atomic E-state index is 0. The topological polar surface area (TPSA) is 376 Å². The molecule has 0 aliphatic rings. The summed E-state index contributed by atoms with van der Waals surface area (Å²) in [6.07, 6.45) is -7.98. The number of carboxylic acids is 8. The first-order valence-corrected chi connectivity index (χ1v) is 8.39. The Morgan fingerprint density at radius 1 is 0.553 bits per heavy atom. The van der Waals surface area contributed by atoms with Crippen molar-refractivity contribution in [3.63, 3.8) is 0 Å². The fraction of sp³-hybridized carbons (Fsp3) is 0.500. The van der Waals surface area contributed by atoms with Crippen molar-refractivity contribution in [2.75, 3.05) is 0 Å². The number of carbonyl (C=O) groups is 8. The third kappa shape index (κ3) is 27.0. The van der Waals surface area contributed by atoms with Gasteiger partial charge in [0, 0.05) is 49.6 Å². The van der Waals surface area contributed by atoms with Crippen LogP contribution in [0.2, 0.25) is 0 Å². The number of carboxylic acid groups (broad SMARTS) is 8. The number of hydrogen-bond donors (Lipinski definition) is 5. The molecule has 0 heterocycles. The predicted octanol–water partition coefficient (Wildman–Crippen LogP) is -12.7. The molecule has 0 aliphatic carbocycles. The number of aliphatic hydroxyl groups is 3. The van der Waals surface area contributed by atoms with E-state index in [4.69, 9.17) is 25.5 Å². The smallest absolute Gasteiger partial charge is 0.550 e. The van der Waals surface area contributed by atoms with Crippen molar-refractivity contribution < 1.29 is 94.5 Å². The quantitative estimate of drug-likeness (QED) is 0.118. The van der Waals surface area contributed by atoms with Crippen LogP contribution in [0.1, 0.15) is 32.1 Å². The molecule has 200 valence electrons. The molecule has 0 aromatic heterocycles. The molecule has 0 spiro atoms. The predicted molar refractivity (Wildman–Crippen MR) is 102 cm³/mol. The van der Waals surface area contributed by atoms with Crippen LogP contribution in [0.3, 0.4) is 0 Å². The van der Waals surface area contributed by atoms with E-state index in [1.165, 1.54) is 0 Å². The summed E-state index contributed by atoms with van der Waals surface area (Å²) < 4.78 is 0. The standard InChI is InChI=1S/2C6H8O7.C4H6O5.3Ca/c2*7-3(8)1-6(13,5(11)12)2-4(9)10;5-2(4(8)9)1-3(6)7;;;/h2*13H,1-2H2,(H,7,8)(H,9,10)(H,11,12);2,5H,1H2,(H,6,7)(H,8,9);;;/q;;;3*+2/p-6. The van der Waals surface area contributed by atoms with E-state index in [9.17, 15) is 69.0 Å². The Balaban J connectivity index is -0.0000000989. The number of hydrogen-bond acceptors (Lipinski definition) is 17. The van der Waals surface area contributed by atoms with Gasteiger partial charge < -0.3 is 84.9 Å². The number of aliphatic carboxylic acids is 8. The number of rotatable bonds is 13. The van der Waals surface area contributed by atoms with Gasteiger partial charge in [0.1, 0.15) is 11.2 Å². The van der Waals surface area contributed by atoms with Crippen LogP contribution in [-0.4, -0.2) is 204 Å². The van der Waals surface area contributed by atoms with E-state index in [1.54, 1.807) is 0 Å². The Bertz CT molecular complexity index is 758. The molecule has 0 saturated carbocycles. The summed E-state index contributed by atoms with van der Waals surface area (Å²) in [5.41, 5.74) is -5.95. The van der Waals surface area contributed by atoms with Gasteiger partial charge in [0.2, 0.25) is 0 Å². The van der Waals surface area contributed by atoms with E-state index in [0.29, 0.717) is 0 Å². The summed E-state index contributed by atoms with van der Waals surface area (Å²) in [4.78, 5) is 79.4. The molecule has 0 saturated heterocycles. The monoisotopic (exact) mass is 632 g/mol. The van der Waals surface area contributed by atoms with Crippen LogP contribution in [-0.2, 0) is 38.4 Å². The first-order chi connectivity index (χ1) is 15.6. The number of carbonyl (C=O) groups excluding carboxylic acids is 6. The molecule has 38 heavy (non-hydrogen) atoms. The van der Waals surface area contributed by atoms with E-state index in [1.807, 2.05) is 0 Å². The Morgan fingerprint density at radius 2 is 0.763 bits per heavy atom. The first kappa shape index (κ1) is 50.3. The number of aliphatic hydroxyl groups excluding tert-OH is 1. The van der Waals surface area contributed by atoms with Gasteiger partial charge in [0.25, 0.3) is 0 Å². The van der Waals surface area contributed by atoms with Crippen LogP contribution in [0, 0.1) is 0 Å². The van der Waals surface area contributed by atoms with Gasteiger partial charge >= 0.3 is 125 Å². The van der Waals surface area contributed by atoms with Gasteiger partial charge in [-0.1, -0.05) is 0 Å². The van der Waals surface area contributed by atoms with Crippen molar-refractivity contribution in [2.45, 2.75) is 49.4 Å². The third-order valence-electron chi connectivity index (χ3n) is 3.16. The van der Waals surface area contributed by atoms with Crippen molar-refractivity contribution in [1.82, 2.24) is 0 Å². The summed E-state index contributed by atoms with van der Waals surface area (Å²) in [5.74, 6) is -14.8. The van der Waals surface area contributed by atoms with E-state index in [2.05, 4.69) is 0 Å². The van der Waals surface area contributed by atoms with Crippen molar-refractivity contribution in [3.8, 4) is 0 Å². The summed E-state index contributed by atoms with van der Waals surface area (Å²) in [6.45, 7) is 0. The Morgan fingerprint density at radius 3 is 0.842 bits per heavy atom. The van der Waals surface area contributed by atoms with Gasteiger partial charge in [0.15, 0.2) is 6.10 Å². The maximum Gasteiger partial charge on any atom is 2.00 e. The van der Waals surface area contributed by atoms with Crippen LogP contribution in [0.4, 0.5) is 0 Å². The molecule has 0 fully saturated rings. The summed E-state index contributed by atoms with van der Waals surface area (Å²) in [6, 6.07) is 0. The van der Waals surface area contributed by atoms with Gasteiger partial charge in [-0.3, -0.25) is 4.79 Å². The first-order valence-electron chi connectivity index (χ1n) is 8.39. The third-order valence-corrected chi connectivity index (χ3v) is 3.16. The summed E-state index contributed by atoms with van der Waals surface area (Å²) in [7, 11) is 0. The van der Waals surface area contributed by atoms with E-state index < -0.39 is 97.2 Å². The second-order valence-electron chi connectivity index (χ2n) is 6.29. The largest absolute Gasteiger partial charge is 2.00 e. The Labute approximate surface area is 301 Å². The molecule has 0 bridgehead atoms. The zero-order chi connectivity index (χ0) is 28.7. The second kappa shape index (κ2) is 24.2. The molecule has 5 N–H and O–H groups in total. The molecule has 0 amide bonds. The van der Waals surface area contributed by atoms with Crippen molar-refractivity contribution in [1.29, 1.82) is 0 Å². The van der Waals surface area contributed by atoms with Crippen LogP contribution >= 0.6 is 0 Å². The average molecular weight is 633 g/mol. The molecule has 0 rings (SSSR count). The molecule has 0 radical (unpaired) electrons. The van der Waals surface area contributed by atoms with Crippen LogP contribution in [0.5, 0.6) is 0 Å². The SMILES string of the molecule is O=C(O)CC(O)C(=O)O.O=C([O-])CC(O)(CC(=O)[O-])C(=O)[O-].O=C([O-])CC(O)(CC(=O)[O-])C(=O)[O-].[Ca+2].[Ca+2].[Ca+2]. The Kier molecular flexibility index (Phi) is 32.1. The average Bonchev–Trinajstić information content (AvgIpc) is 2.58. The van der Waals surface area contributed by atoms with Crippen LogP contribution in [0.15, 0.2) is 0 Å². The van der Waals surface area contributed by atoms with E-state index >= 15 is 0 Å². The van der Waals surface area contributed by atoms with Crippen molar-refractivity contribution >= 4 is 161 Å². The fourth-order valence-corrected chi connectivity index (χ4v) is 1.62.